The third-order valence-electron chi connectivity index (χ3n) is 4.79. The first-order valence-electron chi connectivity index (χ1n) is 9.11. The van der Waals surface area contributed by atoms with Crippen LogP contribution in [0.25, 0.3) is 0 Å². The van der Waals surface area contributed by atoms with Crippen LogP contribution in [0.15, 0.2) is 53.5 Å². The molecule has 2 aromatic rings. The van der Waals surface area contributed by atoms with Gasteiger partial charge in [-0.1, -0.05) is 49.4 Å². The standard InChI is InChI=1S/C21H26N4O/c1-3-15-8-4-5-9-16(15)13-23-21(22-2)24-14-17-12-20(26)25-19-11-7-6-10-18(17)19/h4-11,17H,3,12-14H2,1-2H3,(H,25,26)(H2,22,23,24). The van der Waals surface area contributed by atoms with Gasteiger partial charge in [0.25, 0.3) is 0 Å². The topological polar surface area (TPSA) is 65.5 Å². The highest BCUT2D eigenvalue weighted by Crippen LogP contribution is 2.31. The summed E-state index contributed by atoms with van der Waals surface area (Å²) >= 11 is 0. The minimum atomic E-state index is 0.0651. The monoisotopic (exact) mass is 350 g/mol. The summed E-state index contributed by atoms with van der Waals surface area (Å²) in [4.78, 5) is 16.3. The van der Waals surface area contributed by atoms with Crippen molar-refractivity contribution in [3.8, 4) is 0 Å². The SMILES string of the molecule is CCc1ccccc1CNC(=NC)NCC1CC(=O)Nc2ccccc21. The Kier molecular flexibility index (Phi) is 5.89. The largest absolute Gasteiger partial charge is 0.356 e. The Morgan fingerprint density at radius 1 is 1.12 bits per heavy atom. The Labute approximate surface area is 154 Å². The molecule has 0 bridgehead atoms. The number of hydrogen-bond acceptors (Lipinski definition) is 2. The summed E-state index contributed by atoms with van der Waals surface area (Å²) in [5.74, 6) is 0.955. The quantitative estimate of drug-likeness (QED) is 0.574. The van der Waals surface area contributed by atoms with Gasteiger partial charge in [0.05, 0.1) is 0 Å². The molecule has 0 spiro atoms. The number of nitrogens with one attached hydrogen (secondary N) is 3. The van der Waals surface area contributed by atoms with Crippen LogP contribution in [-0.4, -0.2) is 25.5 Å². The molecule has 1 atom stereocenters. The normalized spacial score (nSPS) is 16.6. The number of guanidine groups is 1. The van der Waals surface area contributed by atoms with Crippen LogP contribution < -0.4 is 16.0 Å². The van der Waals surface area contributed by atoms with Gasteiger partial charge in [0.2, 0.25) is 5.91 Å². The van der Waals surface area contributed by atoms with E-state index in [4.69, 9.17) is 0 Å². The fourth-order valence-electron chi connectivity index (χ4n) is 3.38. The molecule has 0 radical (unpaired) electrons. The number of amides is 1. The van der Waals surface area contributed by atoms with Crippen LogP contribution in [-0.2, 0) is 17.8 Å². The number of nitrogens with zero attached hydrogens (tertiary/aromatic N) is 1. The molecule has 3 N–H and O–H groups in total. The average molecular weight is 350 g/mol. The first-order chi connectivity index (χ1) is 12.7. The van der Waals surface area contributed by atoms with Gasteiger partial charge in [-0.05, 0) is 29.2 Å². The highest BCUT2D eigenvalue weighted by Gasteiger charge is 2.24. The molecular weight excluding hydrogens is 324 g/mol. The Hall–Kier alpha value is -2.82. The van der Waals surface area contributed by atoms with Gasteiger partial charge >= 0.3 is 0 Å². The summed E-state index contributed by atoms with van der Waals surface area (Å²) in [6.45, 7) is 3.56. The van der Waals surface area contributed by atoms with Crippen LogP contribution in [0.1, 0.15) is 36.0 Å². The fourth-order valence-corrected chi connectivity index (χ4v) is 3.38. The maximum Gasteiger partial charge on any atom is 0.225 e. The molecule has 5 heteroatoms. The van der Waals surface area contributed by atoms with E-state index in [1.807, 2.05) is 18.2 Å². The first-order valence-corrected chi connectivity index (χ1v) is 9.11. The molecule has 0 aliphatic carbocycles. The Morgan fingerprint density at radius 3 is 2.62 bits per heavy atom. The molecule has 1 amide bonds. The number of carbonyl (C=O) groups excluding carboxylic acids is 1. The molecule has 26 heavy (non-hydrogen) atoms. The number of benzene rings is 2. The second-order valence-corrected chi connectivity index (χ2v) is 6.47. The van der Waals surface area contributed by atoms with Crippen LogP contribution in [0.4, 0.5) is 5.69 Å². The van der Waals surface area contributed by atoms with Crippen molar-refractivity contribution < 1.29 is 4.79 Å². The van der Waals surface area contributed by atoms with E-state index >= 15 is 0 Å². The van der Waals surface area contributed by atoms with Crippen molar-refractivity contribution in [1.82, 2.24) is 10.6 Å². The molecule has 0 aromatic heterocycles. The van der Waals surface area contributed by atoms with Gasteiger partial charge in [-0.25, -0.2) is 0 Å². The number of anilines is 1. The molecule has 0 saturated carbocycles. The summed E-state index contributed by atoms with van der Waals surface area (Å²) in [7, 11) is 1.77. The van der Waals surface area contributed by atoms with Gasteiger partial charge in [0, 0.05) is 38.2 Å². The number of carbonyl (C=O) groups is 1. The van der Waals surface area contributed by atoms with Crippen molar-refractivity contribution in [2.75, 3.05) is 18.9 Å². The number of aryl methyl sites for hydroxylation is 1. The number of para-hydroxylation sites is 1. The van der Waals surface area contributed by atoms with Crippen molar-refractivity contribution in [2.24, 2.45) is 4.99 Å². The van der Waals surface area contributed by atoms with Crippen molar-refractivity contribution >= 4 is 17.6 Å². The minimum Gasteiger partial charge on any atom is -0.356 e. The third-order valence-corrected chi connectivity index (χ3v) is 4.79. The van der Waals surface area contributed by atoms with E-state index in [2.05, 4.69) is 58.2 Å². The maximum absolute atomic E-state index is 11.9. The summed E-state index contributed by atoms with van der Waals surface area (Å²) in [5, 5.41) is 9.68. The lowest BCUT2D eigenvalue weighted by Crippen LogP contribution is -2.40. The molecule has 1 unspecified atom stereocenters. The zero-order valence-electron chi connectivity index (χ0n) is 15.4. The molecule has 136 valence electrons. The molecular formula is C21H26N4O. The molecule has 0 saturated heterocycles. The van der Waals surface area contributed by atoms with Crippen LogP contribution in [0.5, 0.6) is 0 Å². The van der Waals surface area contributed by atoms with Crippen LogP contribution in [0.3, 0.4) is 0 Å². The van der Waals surface area contributed by atoms with Crippen molar-refractivity contribution in [2.45, 2.75) is 32.2 Å². The Bertz CT molecular complexity index is 800. The van der Waals surface area contributed by atoms with Gasteiger partial charge in [0.1, 0.15) is 0 Å². The predicted octanol–water partition coefficient (Wildman–Crippen LogP) is 3.04. The highest BCUT2D eigenvalue weighted by atomic mass is 16.1. The number of hydrogen-bond donors (Lipinski definition) is 3. The lowest BCUT2D eigenvalue weighted by molar-refractivity contribution is -0.116. The number of fused-ring (bicyclic) bond motifs is 1. The van der Waals surface area contributed by atoms with Crippen molar-refractivity contribution in [1.29, 1.82) is 0 Å². The molecule has 1 aliphatic heterocycles. The van der Waals surface area contributed by atoms with Gasteiger partial charge in [0.15, 0.2) is 5.96 Å². The second-order valence-electron chi connectivity index (χ2n) is 6.47. The third kappa shape index (κ3) is 4.23. The van der Waals surface area contributed by atoms with Gasteiger partial charge in [-0.3, -0.25) is 9.79 Å². The van der Waals surface area contributed by atoms with Gasteiger partial charge in [-0.15, -0.1) is 0 Å². The van der Waals surface area contributed by atoms with Crippen LogP contribution in [0, 0.1) is 0 Å². The van der Waals surface area contributed by atoms with E-state index in [9.17, 15) is 4.79 Å². The minimum absolute atomic E-state index is 0.0651. The Balaban J connectivity index is 1.60. The van der Waals surface area contributed by atoms with E-state index in [0.29, 0.717) is 13.0 Å². The average Bonchev–Trinajstić information content (AvgIpc) is 2.68. The second kappa shape index (κ2) is 8.52. The molecule has 1 aliphatic rings. The Morgan fingerprint density at radius 2 is 1.85 bits per heavy atom. The van der Waals surface area contributed by atoms with Crippen molar-refractivity contribution in [3.05, 3.63) is 65.2 Å². The molecule has 2 aromatic carbocycles. The van der Waals surface area contributed by atoms with E-state index < -0.39 is 0 Å². The number of aliphatic imine (C=N–C) groups is 1. The zero-order chi connectivity index (χ0) is 18.4. The maximum atomic E-state index is 11.9. The zero-order valence-corrected chi connectivity index (χ0v) is 15.4. The summed E-state index contributed by atoms with van der Waals surface area (Å²) in [6, 6.07) is 16.4. The predicted molar refractivity (Wildman–Crippen MR) is 106 cm³/mol. The van der Waals surface area contributed by atoms with Gasteiger partial charge in [-0.2, -0.15) is 0 Å². The lowest BCUT2D eigenvalue weighted by atomic mass is 9.90. The number of rotatable bonds is 5. The van der Waals surface area contributed by atoms with E-state index in [1.165, 1.54) is 16.7 Å². The fraction of sp³-hybridized carbons (Fsp3) is 0.333. The lowest BCUT2D eigenvalue weighted by Gasteiger charge is -2.26. The summed E-state index contributed by atoms with van der Waals surface area (Å²) < 4.78 is 0. The molecule has 5 nitrogen and oxygen atoms in total. The first kappa shape index (κ1) is 18.0. The van der Waals surface area contributed by atoms with E-state index in [1.54, 1.807) is 7.05 Å². The highest BCUT2D eigenvalue weighted by molar-refractivity contribution is 5.94. The van der Waals surface area contributed by atoms with Crippen LogP contribution in [0.2, 0.25) is 0 Å². The van der Waals surface area contributed by atoms with E-state index in [-0.39, 0.29) is 11.8 Å². The van der Waals surface area contributed by atoms with E-state index in [0.717, 1.165) is 24.6 Å². The van der Waals surface area contributed by atoms with Gasteiger partial charge < -0.3 is 16.0 Å². The molecule has 1 heterocycles. The van der Waals surface area contributed by atoms with Crippen molar-refractivity contribution in [3.63, 3.8) is 0 Å². The molecule has 0 fully saturated rings. The summed E-state index contributed by atoms with van der Waals surface area (Å²) in [5.41, 5.74) is 4.70. The smallest absolute Gasteiger partial charge is 0.225 e. The van der Waals surface area contributed by atoms with Crippen LogP contribution >= 0.6 is 0 Å². The molecule has 3 rings (SSSR count). The summed E-state index contributed by atoms with van der Waals surface area (Å²) in [6.07, 6.45) is 1.50.